The molecule has 2 heterocycles. The summed E-state index contributed by atoms with van der Waals surface area (Å²) in [6.45, 7) is 1.54. The van der Waals surface area contributed by atoms with Gasteiger partial charge in [-0.05, 0) is 19.3 Å². The Labute approximate surface area is 106 Å². The minimum atomic E-state index is 0.160. The Bertz CT molecular complexity index is 422. The molecule has 2 rings (SSSR count). The van der Waals surface area contributed by atoms with E-state index in [1.165, 1.54) is 0 Å². The maximum atomic E-state index is 12.0. The fourth-order valence-corrected chi connectivity index (χ4v) is 2.36. The van der Waals surface area contributed by atoms with Gasteiger partial charge in [-0.15, -0.1) is 5.10 Å². The number of rotatable bonds is 5. The second kappa shape index (κ2) is 6.15. The molecule has 1 aliphatic rings. The molecule has 1 aromatic heterocycles. The lowest BCUT2D eigenvalue weighted by atomic mass is 10.2. The van der Waals surface area contributed by atoms with Crippen LogP contribution in [-0.4, -0.2) is 38.4 Å². The minimum Gasteiger partial charge on any atom is -0.338 e. The van der Waals surface area contributed by atoms with E-state index in [1.807, 2.05) is 11.1 Å². The predicted octanol–water partition coefficient (Wildman–Crippen LogP) is 0.963. The molecule has 6 heteroatoms. The highest BCUT2D eigenvalue weighted by Gasteiger charge is 2.28. The van der Waals surface area contributed by atoms with Gasteiger partial charge in [0.15, 0.2) is 0 Å². The number of likely N-dealkylation sites (tertiary alicyclic amines) is 1. The van der Waals surface area contributed by atoms with E-state index in [-0.39, 0.29) is 11.9 Å². The van der Waals surface area contributed by atoms with Crippen molar-refractivity contribution in [2.75, 3.05) is 6.54 Å². The van der Waals surface area contributed by atoms with Gasteiger partial charge >= 0.3 is 0 Å². The monoisotopic (exact) mass is 247 g/mol. The van der Waals surface area contributed by atoms with Crippen LogP contribution in [0, 0.1) is 11.3 Å². The normalized spacial score (nSPS) is 18.8. The van der Waals surface area contributed by atoms with Gasteiger partial charge in [0.1, 0.15) is 0 Å². The summed E-state index contributed by atoms with van der Waals surface area (Å²) >= 11 is 0. The number of carbonyl (C=O) groups is 1. The molecule has 0 radical (unpaired) electrons. The van der Waals surface area contributed by atoms with E-state index in [9.17, 15) is 4.79 Å². The Balaban J connectivity index is 1.87. The zero-order chi connectivity index (χ0) is 12.8. The molecule has 0 aliphatic carbocycles. The Kier molecular flexibility index (Phi) is 4.29. The standard InChI is InChI=1S/C12H17N5O/c13-6-2-1-5-12(18)17-8-3-4-11(17)10-16-9-7-14-15-16/h7,9,11H,1-5,8,10H2/t11-/m0/s1. The number of hydrogen-bond acceptors (Lipinski definition) is 4. The van der Waals surface area contributed by atoms with E-state index >= 15 is 0 Å². The van der Waals surface area contributed by atoms with Crippen LogP contribution in [0.3, 0.4) is 0 Å². The lowest BCUT2D eigenvalue weighted by Crippen LogP contribution is -2.38. The molecular weight excluding hydrogens is 230 g/mol. The van der Waals surface area contributed by atoms with Crippen LogP contribution in [0.1, 0.15) is 32.1 Å². The van der Waals surface area contributed by atoms with Gasteiger partial charge in [0.2, 0.25) is 5.91 Å². The molecule has 1 saturated heterocycles. The van der Waals surface area contributed by atoms with Crippen LogP contribution in [-0.2, 0) is 11.3 Å². The summed E-state index contributed by atoms with van der Waals surface area (Å²) in [5.41, 5.74) is 0. The summed E-state index contributed by atoms with van der Waals surface area (Å²) in [5.74, 6) is 0.160. The number of nitrogens with zero attached hydrogens (tertiary/aromatic N) is 5. The molecule has 1 fully saturated rings. The van der Waals surface area contributed by atoms with Gasteiger partial charge in [-0.25, -0.2) is 0 Å². The van der Waals surface area contributed by atoms with Crippen molar-refractivity contribution in [3.8, 4) is 6.07 Å². The van der Waals surface area contributed by atoms with Crippen LogP contribution in [0.15, 0.2) is 12.4 Å². The van der Waals surface area contributed by atoms with Crippen LogP contribution in [0.4, 0.5) is 0 Å². The number of carbonyl (C=O) groups excluding carboxylic acids is 1. The zero-order valence-electron chi connectivity index (χ0n) is 10.3. The number of aromatic nitrogens is 3. The number of nitriles is 1. The number of hydrogen-bond donors (Lipinski definition) is 0. The predicted molar refractivity (Wildman–Crippen MR) is 64.2 cm³/mol. The largest absolute Gasteiger partial charge is 0.338 e. The van der Waals surface area contributed by atoms with Crippen molar-refractivity contribution in [1.82, 2.24) is 19.9 Å². The van der Waals surface area contributed by atoms with E-state index in [1.54, 1.807) is 10.9 Å². The highest BCUT2D eigenvalue weighted by Crippen LogP contribution is 2.20. The van der Waals surface area contributed by atoms with E-state index in [0.717, 1.165) is 19.4 Å². The minimum absolute atomic E-state index is 0.160. The first-order valence-corrected chi connectivity index (χ1v) is 6.32. The van der Waals surface area contributed by atoms with Gasteiger partial charge in [0.25, 0.3) is 0 Å². The summed E-state index contributed by atoms with van der Waals surface area (Å²) in [6.07, 6.45) is 7.11. The molecule has 96 valence electrons. The average Bonchev–Trinajstić information content (AvgIpc) is 3.01. The third-order valence-corrected chi connectivity index (χ3v) is 3.25. The van der Waals surface area contributed by atoms with Crippen LogP contribution in [0.25, 0.3) is 0 Å². The van der Waals surface area contributed by atoms with Crippen molar-refractivity contribution < 1.29 is 4.79 Å². The topological polar surface area (TPSA) is 74.8 Å². The zero-order valence-corrected chi connectivity index (χ0v) is 10.3. The van der Waals surface area contributed by atoms with E-state index in [4.69, 9.17) is 5.26 Å². The maximum Gasteiger partial charge on any atom is 0.222 e. The quantitative estimate of drug-likeness (QED) is 0.726. The van der Waals surface area contributed by atoms with Crippen molar-refractivity contribution in [2.45, 2.75) is 44.7 Å². The first-order chi connectivity index (χ1) is 8.81. The third kappa shape index (κ3) is 3.06. The Hall–Kier alpha value is -1.90. The third-order valence-electron chi connectivity index (χ3n) is 3.25. The van der Waals surface area contributed by atoms with E-state index < -0.39 is 0 Å². The Morgan fingerprint density at radius 3 is 3.17 bits per heavy atom. The fraction of sp³-hybridized carbons (Fsp3) is 0.667. The van der Waals surface area contributed by atoms with Crippen molar-refractivity contribution >= 4 is 5.91 Å². The molecule has 0 saturated carbocycles. The molecule has 0 spiro atoms. The molecule has 18 heavy (non-hydrogen) atoms. The number of amides is 1. The molecule has 0 N–H and O–H groups in total. The lowest BCUT2D eigenvalue weighted by Gasteiger charge is -2.24. The second-order valence-corrected chi connectivity index (χ2v) is 4.52. The molecule has 1 aliphatic heterocycles. The molecule has 0 bridgehead atoms. The van der Waals surface area contributed by atoms with Crippen molar-refractivity contribution in [3.63, 3.8) is 0 Å². The summed E-state index contributed by atoms with van der Waals surface area (Å²) in [7, 11) is 0. The Morgan fingerprint density at radius 1 is 1.56 bits per heavy atom. The second-order valence-electron chi connectivity index (χ2n) is 4.52. The van der Waals surface area contributed by atoms with Crippen molar-refractivity contribution in [1.29, 1.82) is 5.26 Å². The molecule has 1 aromatic rings. The van der Waals surface area contributed by atoms with Crippen LogP contribution < -0.4 is 0 Å². The molecule has 0 unspecified atom stereocenters. The first kappa shape index (κ1) is 12.6. The highest BCUT2D eigenvalue weighted by atomic mass is 16.2. The fourth-order valence-electron chi connectivity index (χ4n) is 2.36. The van der Waals surface area contributed by atoms with Gasteiger partial charge in [-0.1, -0.05) is 5.21 Å². The maximum absolute atomic E-state index is 12.0. The smallest absolute Gasteiger partial charge is 0.222 e. The van der Waals surface area contributed by atoms with Crippen molar-refractivity contribution in [2.24, 2.45) is 0 Å². The summed E-state index contributed by atoms with van der Waals surface area (Å²) in [6, 6.07) is 2.29. The molecule has 1 amide bonds. The van der Waals surface area contributed by atoms with E-state index in [0.29, 0.717) is 25.8 Å². The van der Waals surface area contributed by atoms with Gasteiger partial charge in [0.05, 0.1) is 24.9 Å². The van der Waals surface area contributed by atoms with Gasteiger partial charge < -0.3 is 4.90 Å². The van der Waals surface area contributed by atoms with E-state index in [2.05, 4.69) is 16.4 Å². The summed E-state index contributed by atoms with van der Waals surface area (Å²) in [5, 5.41) is 16.2. The summed E-state index contributed by atoms with van der Waals surface area (Å²) < 4.78 is 1.77. The molecule has 0 aromatic carbocycles. The molecular formula is C12H17N5O. The molecule has 1 atom stereocenters. The number of unbranched alkanes of at least 4 members (excludes halogenated alkanes) is 1. The van der Waals surface area contributed by atoms with Gasteiger partial charge in [-0.3, -0.25) is 9.48 Å². The van der Waals surface area contributed by atoms with Crippen molar-refractivity contribution in [3.05, 3.63) is 12.4 Å². The SMILES string of the molecule is N#CCCCC(=O)N1CCC[C@H]1Cn1ccnn1. The lowest BCUT2D eigenvalue weighted by molar-refractivity contribution is -0.132. The Morgan fingerprint density at radius 2 is 2.44 bits per heavy atom. The molecule has 6 nitrogen and oxygen atoms in total. The van der Waals surface area contributed by atoms with Gasteiger partial charge in [-0.2, -0.15) is 5.26 Å². The highest BCUT2D eigenvalue weighted by molar-refractivity contribution is 5.76. The average molecular weight is 247 g/mol. The van der Waals surface area contributed by atoms with Crippen LogP contribution in [0.5, 0.6) is 0 Å². The van der Waals surface area contributed by atoms with Crippen LogP contribution >= 0.6 is 0 Å². The summed E-state index contributed by atoms with van der Waals surface area (Å²) in [4.78, 5) is 14.0. The van der Waals surface area contributed by atoms with Crippen LogP contribution in [0.2, 0.25) is 0 Å². The first-order valence-electron chi connectivity index (χ1n) is 6.32. The van der Waals surface area contributed by atoms with Gasteiger partial charge in [0, 0.05) is 25.6 Å².